The molecule has 37 heavy (non-hydrogen) atoms. The average molecular weight is 698 g/mol. The largest absolute Gasteiger partial charge is 0.352 e. The molecule has 3 aromatic carbocycles. The van der Waals surface area contributed by atoms with E-state index in [1.165, 1.54) is 17.0 Å². The van der Waals surface area contributed by atoms with E-state index in [0.717, 1.165) is 17.9 Å². The zero-order valence-corrected chi connectivity index (χ0v) is 25.3. The van der Waals surface area contributed by atoms with E-state index in [0.29, 0.717) is 5.69 Å². The normalized spacial score (nSPS) is 12.2. The smallest absolute Gasteiger partial charge is 0.264 e. The van der Waals surface area contributed by atoms with Gasteiger partial charge in [0.05, 0.1) is 10.6 Å². The number of nitrogens with one attached hydrogen (secondary N) is 1. The molecule has 10 heteroatoms. The van der Waals surface area contributed by atoms with Crippen molar-refractivity contribution < 1.29 is 18.0 Å². The van der Waals surface area contributed by atoms with E-state index in [1.807, 2.05) is 38.1 Å². The van der Waals surface area contributed by atoms with Gasteiger partial charge in [-0.3, -0.25) is 13.9 Å². The number of carbonyl (C=O) groups is 2. The van der Waals surface area contributed by atoms with Crippen LogP contribution in [0.4, 0.5) is 5.69 Å². The highest BCUT2D eigenvalue weighted by molar-refractivity contribution is 14.1. The highest BCUT2D eigenvalue weighted by Gasteiger charge is 2.32. The van der Waals surface area contributed by atoms with Crippen LogP contribution in [0, 0.1) is 3.57 Å². The van der Waals surface area contributed by atoms with E-state index in [-0.39, 0.29) is 23.4 Å². The van der Waals surface area contributed by atoms with Crippen molar-refractivity contribution in [3.63, 3.8) is 0 Å². The van der Waals surface area contributed by atoms with Crippen molar-refractivity contribution in [1.29, 1.82) is 0 Å². The third-order valence-electron chi connectivity index (χ3n) is 5.59. The van der Waals surface area contributed by atoms with E-state index in [2.05, 4.69) is 43.8 Å². The molecule has 196 valence electrons. The average Bonchev–Trinajstić information content (AvgIpc) is 2.87. The first-order valence-electron chi connectivity index (χ1n) is 11.7. The van der Waals surface area contributed by atoms with Crippen molar-refractivity contribution in [2.75, 3.05) is 10.8 Å². The summed E-state index contributed by atoms with van der Waals surface area (Å²) in [4.78, 5) is 28.2. The van der Waals surface area contributed by atoms with Gasteiger partial charge in [0.15, 0.2) is 0 Å². The number of amides is 2. The Labute approximate surface area is 240 Å². The summed E-state index contributed by atoms with van der Waals surface area (Å²) < 4.78 is 30.3. The fourth-order valence-corrected chi connectivity index (χ4v) is 5.69. The summed E-state index contributed by atoms with van der Waals surface area (Å²) in [6, 6.07) is 21.4. The number of hydrogen-bond acceptors (Lipinski definition) is 4. The van der Waals surface area contributed by atoms with Crippen LogP contribution in [0.15, 0.2) is 88.2 Å². The molecule has 3 aromatic rings. The minimum absolute atomic E-state index is 0.0754. The van der Waals surface area contributed by atoms with Crippen molar-refractivity contribution in [3.8, 4) is 0 Å². The lowest BCUT2D eigenvalue weighted by atomic mass is 10.1. The third-order valence-corrected chi connectivity index (χ3v) is 8.62. The molecular weight excluding hydrogens is 669 g/mol. The SMILES string of the molecule is CC(C)NC(=O)[C@@H](C)N(Cc1ccc(Br)cc1)C(=O)CN(c1ccc(I)cc1)S(=O)(=O)c1ccccc1. The van der Waals surface area contributed by atoms with Crippen molar-refractivity contribution in [1.82, 2.24) is 10.2 Å². The number of hydrogen-bond donors (Lipinski definition) is 1. The van der Waals surface area contributed by atoms with E-state index >= 15 is 0 Å². The Kier molecular flexibility index (Phi) is 10.1. The molecule has 0 heterocycles. The van der Waals surface area contributed by atoms with Crippen LogP contribution in [-0.4, -0.2) is 43.8 Å². The summed E-state index contributed by atoms with van der Waals surface area (Å²) in [5.74, 6) is -0.806. The van der Waals surface area contributed by atoms with Gasteiger partial charge in [0.1, 0.15) is 12.6 Å². The van der Waals surface area contributed by atoms with E-state index in [1.54, 1.807) is 49.4 Å². The molecule has 2 amide bonds. The predicted molar refractivity (Wildman–Crippen MR) is 158 cm³/mol. The minimum atomic E-state index is -4.06. The summed E-state index contributed by atoms with van der Waals surface area (Å²) in [6.45, 7) is 5.01. The lowest BCUT2D eigenvalue weighted by Gasteiger charge is -2.32. The Morgan fingerprint density at radius 2 is 1.51 bits per heavy atom. The van der Waals surface area contributed by atoms with Crippen LogP contribution in [0.1, 0.15) is 26.3 Å². The highest BCUT2D eigenvalue weighted by atomic mass is 127. The van der Waals surface area contributed by atoms with Gasteiger partial charge in [-0.15, -0.1) is 0 Å². The molecule has 0 aliphatic rings. The molecular formula is C27H29BrIN3O4S. The number of sulfonamides is 1. The topological polar surface area (TPSA) is 86.8 Å². The van der Waals surface area contributed by atoms with Crippen LogP contribution in [0.2, 0.25) is 0 Å². The Balaban J connectivity index is 2.00. The van der Waals surface area contributed by atoms with Crippen molar-refractivity contribution in [3.05, 3.63) is 92.5 Å². The highest BCUT2D eigenvalue weighted by Crippen LogP contribution is 2.25. The molecule has 1 atom stereocenters. The standard InChI is InChI=1S/C27H29BrIN3O4S/c1-19(2)30-27(34)20(3)31(17-21-9-11-22(28)12-10-21)26(33)18-32(24-15-13-23(29)14-16-24)37(35,36)25-7-5-4-6-8-25/h4-16,19-20H,17-18H2,1-3H3,(H,30,34)/t20-/m1/s1. The molecule has 0 saturated carbocycles. The summed E-state index contributed by atoms with van der Waals surface area (Å²) in [6.07, 6.45) is 0. The van der Waals surface area contributed by atoms with Gasteiger partial charge in [0, 0.05) is 20.6 Å². The fourth-order valence-electron chi connectivity index (χ4n) is 3.63. The van der Waals surface area contributed by atoms with E-state index in [9.17, 15) is 18.0 Å². The van der Waals surface area contributed by atoms with Gasteiger partial charge in [0.2, 0.25) is 11.8 Å². The second kappa shape index (κ2) is 12.9. The second-order valence-electron chi connectivity index (χ2n) is 8.79. The van der Waals surface area contributed by atoms with E-state index < -0.39 is 28.5 Å². The molecule has 0 aliphatic carbocycles. The number of benzene rings is 3. The van der Waals surface area contributed by atoms with Crippen molar-refractivity contribution in [2.24, 2.45) is 0 Å². The van der Waals surface area contributed by atoms with Crippen molar-refractivity contribution >= 4 is 66.0 Å². The van der Waals surface area contributed by atoms with E-state index in [4.69, 9.17) is 0 Å². The molecule has 3 rings (SSSR count). The summed E-state index contributed by atoms with van der Waals surface area (Å²) >= 11 is 5.55. The first-order valence-corrected chi connectivity index (χ1v) is 15.0. The lowest BCUT2D eigenvalue weighted by molar-refractivity contribution is -0.139. The van der Waals surface area contributed by atoms with Crippen LogP contribution in [-0.2, 0) is 26.2 Å². The lowest BCUT2D eigenvalue weighted by Crippen LogP contribution is -2.52. The Morgan fingerprint density at radius 3 is 2.08 bits per heavy atom. The molecule has 0 aromatic heterocycles. The summed E-state index contributed by atoms with van der Waals surface area (Å²) in [5.41, 5.74) is 1.17. The van der Waals surface area contributed by atoms with Crippen LogP contribution < -0.4 is 9.62 Å². The number of halogens is 2. The predicted octanol–water partition coefficient (Wildman–Crippen LogP) is 5.19. The molecule has 0 saturated heterocycles. The number of nitrogens with zero attached hydrogens (tertiary/aromatic N) is 2. The first kappa shape index (κ1) is 29.1. The minimum Gasteiger partial charge on any atom is -0.352 e. The van der Waals surface area contributed by atoms with Crippen LogP contribution in [0.5, 0.6) is 0 Å². The Morgan fingerprint density at radius 1 is 0.919 bits per heavy atom. The zero-order chi connectivity index (χ0) is 27.2. The van der Waals surface area contributed by atoms with Crippen LogP contribution in [0.3, 0.4) is 0 Å². The second-order valence-corrected chi connectivity index (χ2v) is 12.8. The first-order chi connectivity index (χ1) is 17.5. The molecule has 7 nitrogen and oxygen atoms in total. The van der Waals surface area contributed by atoms with Gasteiger partial charge in [-0.1, -0.05) is 46.3 Å². The molecule has 0 spiro atoms. The number of carbonyl (C=O) groups excluding carboxylic acids is 2. The monoisotopic (exact) mass is 697 g/mol. The Bertz CT molecular complexity index is 1320. The maximum atomic E-state index is 13.8. The van der Waals surface area contributed by atoms with Crippen molar-refractivity contribution in [2.45, 2.75) is 44.3 Å². The summed E-state index contributed by atoms with van der Waals surface area (Å²) in [5, 5.41) is 2.85. The van der Waals surface area contributed by atoms with Gasteiger partial charge >= 0.3 is 0 Å². The molecule has 0 radical (unpaired) electrons. The molecule has 0 aliphatic heterocycles. The molecule has 0 unspecified atom stereocenters. The Hall–Kier alpha value is -2.44. The molecule has 0 fully saturated rings. The third kappa shape index (κ3) is 7.78. The quantitative estimate of drug-likeness (QED) is 0.296. The molecule has 0 bridgehead atoms. The number of rotatable bonds is 10. The molecule has 1 N–H and O–H groups in total. The van der Waals surface area contributed by atoms with Crippen LogP contribution in [0.25, 0.3) is 0 Å². The summed E-state index contributed by atoms with van der Waals surface area (Å²) in [7, 11) is -4.06. The van der Waals surface area contributed by atoms with Gasteiger partial charge < -0.3 is 10.2 Å². The maximum Gasteiger partial charge on any atom is 0.264 e. The zero-order valence-electron chi connectivity index (χ0n) is 20.8. The fraction of sp³-hybridized carbons (Fsp3) is 0.259. The van der Waals surface area contributed by atoms with Crippen LogP contribution >= 0.6 is 38.5 Å². The van der Waals surface area contributed by atoms with Gasteiger partial charge in [0.25, 0.3) is 10.0 Å². The van der Waals surface area contributed by atoms with Gasteiger partial charge in [-0.25, -0.2) is 8.42 Å². The number of anilines is 1. The maximum absolute atomic E-state index is 13.8. The van der Waals surface area contributed by atoms with Gasteiger partial charge in [-0.05, 0) is 97.5 Å². The van der Waals surface area contributed by atoms with Gasteiger partial charge in [-0.2, -0.15) is 0 Å².